The summed E-state index contributed by atoms with van der Waals surface area (Å²) in [6.45, 7) is 5.93. The van der Waals surface area contributed by atoms with Crippen molar-refractivity contribution in [1.29, 1.82) is 0 Å². The molecule has 2 N–H and O–H groups in total. The molecule has 2 atom stereocenters. The van der Waals surface area contributed by atoms with E-state index in [0.29, 0.717) is 6.42 Å². The van der Waals surface area contributed by atoms with Gasteiger partial charge in [-0.1, -0.05) is 13.8 Å². The van der Waals surface area contributed by atoms with E-state index in [-0.39, 0.29) is 18.1 Å². The highest BCUT2D eigenvalue weighted by molar-refractivity contribution is 4.72. The van der Waals surface area contributed by atoms with Gasteiger partial charge in [0.1, 0.15) is 0 Å². The summed E-state index contributed by atoms with van der Waals surface area (Å²) in [6, 6.07) is 0. The minimum atomic E-state index is -0.254. The first-order chi connectivity index (χ1) is 9.08. The van der Waals surface area contributed by atoms with Gasteiger partial charge >= 0.3 is 0 Å². The highest BCUT2D eigenvalue weighted by Gasteiger charge is 2.24. The molecule has 19 heavy (non-hydrogen) atoms. The minimum absolute atomic E-state index is 0.193. The molecule has 0 rings (SSSR count). The van der Waals surface area contributed by atoms with Crippen molar-refractivity contribution in [3.63, 3.8) is 0 Å². The zero-order valence-electron chi connectivity index (χ0n) is 11.1. The fourth-order valence-corrected chi connectivity index (χ4v) is 1.19. The smallest absolute Gasteiger partial charge is 0.0908 e. The van der Waals surface area contributed by atoms with Crippen molar-refractivity contribution in [3.05, 3.63) is 0 Å². The van der Waals surface area contributed by atoms with Crippen molar-refractivity contribution in [2.75, 3.05) is 6.61 Å². The van der Waals surface area contributed by atoms with E-state index in [1.54, 1.807) is 6.92 Å². The Kier molecular flexibility index (Phi) is 11.2. The van der Waals surface area contributed by atoms with Crippen LogP contribution in [-0.4, -0.2) is 23.2 Å². The summed E-state index contributed by atoms with van der Waals surface area (Å²) in [7, 11) is 0. The molecule has 0 aromatic heterocycles. The third kappa shape index (κ3) is 10.1. The van der Waals surface area contributed by atoms with E-state index in [1.165, 1.54) is 0 Å². The first-order valence-corrected chi connectivity index (χ1v) is 5.64. The summed E-state index contributed by atoms with van der Waals surface area (Å²) in [6.07, 6.45) is 1.96. The third-order valence-electron chi connectivity index (χ3n) is 2.78. The Labute approximate surface area is 110 Å². The fourth-order valence-electron chi connectivity index (χ4n) is 1.19. The molecule has 116 valence electrons. The molecule has 0 fully saturated rings. The number of hydrogen-bond donors (Lipinski definition) is 2. The van der Waals surface area contributed by atoms with E-state index in [4.69, 9.17) is 15.4 Å². The molecule has 0 saturated heterocycles. The van der Waals surface area contributed by atoms with E-state index in [1.807, 2.05) is 13.8 Å². The van der Waals surface area contributed by atoms with Crippen LogP contribution in [0.15, 0.2) is 0 Å². The average molecular weight is 288 g/mol. The van der Waals surface area contributed by atoms with Crippen LogP contribution in [0.5, 0.6) is 0 Å². The molecule has 0 spiro atoms. The molecular weight excluding hydrogens is 268 g/mol. The average Bonchev–Trinajstić information content (AvgIpc) is 2.43. The molecule has 0 aromatic rings. The summed E-state index contributed by atoms with van der Waals surface area (Å²) >= 11 is 0. The Balaban J connectivity index is 3.66. The van der Waals surface area contributed by atoms with E-state index >= 15 is 0 Å². The van der Waals surface area contributed by atoms with Crippen molar-refractivity contribution in [2.45, 2.75) is 46.1 Å². The van der Waals surface area contributed by atoms with E-state index in [9.17, 15) is 0 Å². The van der Waals surface area contributed by atoms with E-state index in [0.717, 1.165) is 12.8 Å². The summed E-state index contributed by atoms with van der Waals surface area (Å²) in [4.78, 5) is 8.94. The number of rotatable bonds is 13. The lowest BCUT2D eigenvalue weighted by atomic mass is 9.83. The minimum Gasteiger partial charge on any atom is -0.252 e. The first-order valence-electron chi connectivity index (χ1n) is 5.64. The zero-order valence-corrected chi connectivity index (χ0v) is 11.1. The van der Waals surface area contributed by atoms with Crippen LogP contribution < -0.4 is 0 Å². The van der Waals surface area contributed by atoms with Gasteiger partial charge in [-0.25, -0.2) is 15.0 Å². The summed E-state index contributed by atoms with van der Waals surface area (Å²) < 4.78 is 0. The van der Waals surface area contributed by atoms with Gasteiger partial charge in [-0.05, 0) is 61.8 Å². The lowest BCUT2D eigenvalue weighted by molar-refractivity contribution is -0.812. The highest BCUT2D eigenvalue weighted by atomic mass is 17.9. The standard InChI is InChI=1S/C9H20O10/c1-4-9(3,6-5-8(2)13-10)7-12-15-17-19-18-16-14-11/h8,10-11H,4-7H2,1-3H3/t8-,9?/m0/s1. The van der Waals surface area contributed by atoms with Gasteiger partial charge in [0.15, 0.2) is 0 Å². The van der Waals surface area contributed by atoms with Crippen LogP contribution in [0.25, 0.3) is 0 Å². The summed E-state index contributed by atoms with van der Waals surface area (Å²) in [5, 5.41) is 38.0. The summed E-state index contributed by atoms with van der Waals surface area (Å²) in [5.74, 6) is 0. The quantitative estimate of drug-likeness (QED) is 0.296. The van der Waals surface area contributed by atoms with E-state index in [2.05, 4.69) is 35.1 Å². The van der Waals surface area contributed by atoms with Crippen molar-refractivity contribution in [2.24, 2.45) is 5.41 Å². The zero-order chi connectivity index (χ0) is 14.6. The van der Waals surface area contributed by atoms with Gasteiger partial charge in [0, 0.05) is 0 Å². The van der Waals surface area contributed by atoms with Crippen LogP contribution in [0.2, 0.25) is 0 Å². The molecule has 0 aliphatic heterocycles. The Hall–Kier alpha value is -0.400. The molecule has 0 saturated carbocycles. The maximum Gasteiger partial charge on any atom is 0.0908 e. The van der Waals surface area contributed by atoms with E-state index < -0.39 is 0 Å². The van der Waals surface area contributed by atoms with Crippen LogP contribution in [0, 0.1) is 5.41 Å². The van der Waals surface area contributed by atoms with Crippen molar-refractivity contribution >= 4 is 0 Å². The van der Waals surface area contributed by atoms with Gasteiger partial charge < -0.3 is 0 Å². The molecule has 10 heteroatoms. The normalized spacial score (nSPS) is 16.3. The Bertz CT molecular complexity index is 203. The van der Waals surface area contributed by atoms with Crippen LogP contribution in [-0.2, 0) is 40.0 Å². The van der Waals surface area contributed by atoms with Gasteiger partial charge in [0.25, 0.3) is 0 Å². The van der Waals surface area contributed by atoms with Crippen molar-refractivity contribution < 1.29 is 50.5 Å². The van der Waals surface area contributed by atoms with Gasteiger partial charge in [-0.2, -0.15) is 0 Å². The molecule has 0 aliphatic rings. The van der Waals surface area contributed by atoms with Crippen LogP contribution in [0.4, 0.5) is 0 Å². The topological polar surface area (TPSA) is 114 Å². The van der Waals surface area contributed by atoms with Crippen molar-refractivity contribution in [1.82, 2.24) is 0 Å². The molecule has 0 aromatic carbocycles. The molecule has 0 bridgehead atoms. The Morgan fingerprint density at radius 2 is 1.68 bits per heavy atom. The maximum atomic E-state index is 8.48. The largest absolute Gasteiger partial charge is 0.252 e. The maximum absolute atomic E-state index is 8.48. The van der Waals surface area contributed by atoms with Crippen LogP contribution >= 0.6 is 0 Å². The second kappa shape index (κ2) is 11.4. The molecule has 0 aliphatic carbocycles. The first kappa shape index (κ1) is 18.6. The van der Waals surface area contributed by atoms with Crippen LogP contribution in [0.3, 0.4) is 0 Å². The second-order valence-corrected chi connectivity index (χ2v) is 4.30. The molecule has 0 radical (unpaired) electrons. The SMILES string of the molecule is CCC(C)(CC[C@H](C)OO)COOOOOOOO. The van der Waals surface area contributed by atoms with Gasteiger partial charge in [-0.3, -0.25) is 5.26 Å². The predicted molar refractivity (Wildman–Crippen MR) is 55.9 cm³/mol. The molecule has 0 heterocycles. The van der Waals surface area contributed by atoms with Gasteiger partial charge in [-0.15, -0.1) is 0 Å². The Morgan fingerprint density at radius 3 is 2.26 bits per heavy atom. The monoisotopic (exact) mass is 288 g/mol. The molecular formula is C9H20O10. The lowest BCUT2D eigenvalue weighted by Crippen LogP contribution is -2.24. The number of hydrogen-bond acceptors (Lipinski definition) is 10. The molecule has 10 nitrogen and oxygen atoms in total. The van der Waals surface area contributed by atoms with Crippen LogP contribution in [0.1, 0.15) is 40.0 Å². The molecule has 0 amide bonds. The third-order valence-corrected chi connectivity index (χ3v) is 2.78. The van der Waals surface area contributed by atoms with Crippen molar-refractivity contribution in [3.8, 4) is 0 Å². The second-order valence-electron chi connectivity index (χ2n) is 4.30. The van der Waals surface area contributed by atoms with Gasteiger partial charge in [0.2, 0.25) is 0 Å². The lowest BCUT2D eigenvalue weighted by Gasteiger charge is -2.27. The van der Waals surface area contributed by atoms with Gasteiger partial charge in [0.05, 0.1) is 12.7 Å². The predicted octanol–water partition coefficient (Wildman–Crippen LogP) is 2.14. The fraction of sp³-hybridized carbons (Fsp3) is 1.00. The highest BCUT2D eigenvalue weighted by Crippen LogP contribution is 2.28. The molecule has 1 unspecified atom stereocenters. The Morgan fingerprint density at radius 1 is 1.05 bits per heavy atom. The summed E-state index contributed by atoms with van der Waals surface area (Å²) in [5.41, 5.74) is -0.193.